The molecular formula is C31H31ClN6O3. The summed E-state index contributed by atoms with van der Waals surface area (Å²) in [7, 11) is 0. The van der Waals surface area contributed by atoms with Gasteiger partial charge in [0.2, 0.25) is 0 Å². The smallest absolute Gasteiger partial charge is 0.287 e. The third-order valence-corrected chi connectivity index (χ3v) is 6.76. The number of nitrogens with zero attached hydrogens (tertiary/aromatic N) is 3. The third-order valence-electron chi connectivity index (χ3n) is 6.44. The van der Waals surface area contributed by atoms with Crippen LogP contribution in [0.5, 0.6) is 0 Å². The zero-order chi connectivity index (χ0) is 29.4. The van der Waals surface area contributed by atoms with Crippen LogP contribution in [0.15, 0.2) is 94.5 Å². The number of hydrogen-bond donors (Lipinski definition) is 3. The molecule has 41 heavy (non-hydrogen) atoms. The number of anilines is 1. The summed E-state index contributed by atoms with van der Waals surface area (Å²) in [6.45, 7) is 7.62. The highest BCUT2D eigenvalue weighted by atomic mass is 35.5. The van der Waals surface area contributed by atoms with Gasteiger partial charge in [-0.05, 0) is 68.8 Å². The van der Waals surface area contributed by atoms with Crippen molar-refractivity contribution in [3.63, 3.8) is 0 Å². The second-order valence-electron chi connectivity index (χ2n) is 9.08. The molecule has 9 nitrogen and oxygen atoms in total. The third kappa shape index (κ3) is 7.01. The van der Waals surface area contributed by atoms with Crippen LogP contribution in [0.3, 0.4) is 0 Å². The van der Waals surface area contributed by atoms with Crippen molar-refractivity contribution in [2.45, 2.75) is 20.8 Å². The molecule has 3 N–H and O–H groups in total. The number of halogens is 1. The number of hydrazone groups is 1. The number of aromatic nitrogens is 2. The van der Waals surface area contributed by atoms with E-state index < -0.39 is 11.8 Å². The Hall–Kier alpha value is -4.89. The molecule has 0 bridgehead atoms. The van der Waals surface area contributed by atoms with Crippen molar-refractivity contribution in [3.05, 3.63) is 122 Å². The SMILES string of the molecule is CCN(CC)c1ccc(/C=C(/NC(=O)c2ccccc2Cl)C(=O)N/N=C/c2c(C)[nH]n(-c3ccccc3)c2=O)cc1. The van der Waals surface area contributed by atoms with Crippen molar-refractivity contribution in [3.8, 4) is 5.69 Å². The Bertz CT molecular complexity index is 1630. The maximum Gasteiger partial charge on any atom is 0.287 e. The van der Waals surface area contributed by atoms with Crippen molar-refractivity contribution in [1.29, 1.82) is 0 Å². The topological polar surface area (TPSA) is 112 Å². The zero-order valence-electron chi connectivity index (χ0n) is 23.0. The monoisotopic (exact) mass is 570 g/mol. The molecule has 0 unspecified atom stereocenters. The van der Waals surface area contributed by atoms with Gasteiger partial charge in [0.15, 0.2) is 0 Å². The van der Waals surface area contributed by atoms with E-state index in [2.05, 4.69) is 39.7 Å². The molecule has 0 radical (unpaired) electrons. The summed E-state index contributed by atoms with van der Waals surface area (Å²) >= 11 is 6.20. The van der Waals surface area contributed by atoms with Gasteiger partial charge in [0, 0.05) is 24.5 Å². The van der Waals surface area contributed by atoms with Gasteiger partial charge in [0.1, 0.15) is 5.70 Å². The number of para-hydroxylation sites is 1. The van der Waals surface area contributed by atoms with E-state index in [1.54, 1.807) is 49.4 Å². The van der Waals surface area contributed by atoms with E-state index in [9.17, 15) is 14.4 Å². The van der Waals surface area contributed by atoms with Crippen LogP contribution in [0.1, 0.15) is 41.0 Å². The number of amides is 2. The molecule has 4 aromatic rings. The molecular weight excluding hydrogens is 540 g/mol. The summed E-state index contributed by atoms with van der Waals surface area (Å²) in [5.74, 6) is -1.22. The highest BCUT2D eigenvalue weighted by Crippen LogP contribution is 2.18. The first-order valence-electron chi connectivity index (χ1n) is 13.1. The fraction of sp³-hybridized carbons (Fsp3) is 0.161. The van der Waals surface area contributed by atoms with E-state index in [-0.39, 0.29) is 27.4 Å². The van der Waals surface area contributed by atoms with Crippen molar-refractivity contribution in [2.75, 3.05) is 18.0 Å². The van der Waals surface area contributed by atoms with Crippen LogP contribution >= 0.6 is 11.6 Å². The summed E-state index contributed by atoms with van der Waals surface area (Å²) in [5, 5.41) is 9.92. The van der Waals surface area contributed by atoms with Crippen LogP contribution in [0.2, 0.25) is 5.02 Å². The highest BCUT2D eigenvalue weighted by molar-refractivity contribution is 6.34. The molecule has 2 amide bonds. The molecule has 1 heterocycles. The fourth-order valence-electron chi connectivity index (χ4n) is 4.22. The molecule has 0 atom stereocenters. The Morgan fingerprint density at radius 1 is 0.976 bits per heavy atom. The summed E-state index contributed by atoms with van der Waals surface area (Å²) in [6.07, 6.45) is 2.83. The zero-order valence-corrected chi connectivity index (χ0v) is 23.8. The first kappa shape index (κ1) is 29.1. The molecule has 0 fully saturated rings. The van der Waals surface area contributed by atoms with Gasteiger partial charge in [0.25, 0.3) is 17.4 Å². The minimum absolute atomic E-state index is 0.0462. The van der Waals surface area contributed by atoms with E-state index in [1.807, 2.05) is 42.5 Å². The minimum Gasteiger partial charge on any atom is -0.372 e. The van der Waals surface area contributed by atoms with Crippen molar-refractivity contribution >= 4 is 41.4 Å². The Morgan fingerprint density at radius 2 is 1.63 bits per heavy atom. The standard InChI is InChI=1S/C31H31ClN6O3/c1-4-37(5-2)23-17-15-22(16-18-23)19-28(34-29(39)25-13-9-10-14-27(25)32)30(40)35-33-20-26-21(3)36-38(31(26)41)24-11-7-6-8-12-24/h6-20,36H,4-5H2,1-3H3,(H,34,39)(H,35,40)/b28-19+,33-20+. The van der Waals surface area contributed by atoms with Crippen LogP contribution in [-0.2, 0) is 4.79 Å². The maximum atomic E-state index is 13.2. The molecule has 1 aromatic heterocycles. The predicted octanol–water partition coefficient (Wildman–Crippen LogP) is 4.89. The molecule has 4 rings (SSSR count). The molecule has 0 aliphatic heterocycles. The van der Waals surface area contributed by atoms with Gasteiger partial charge >= 0.3 is 0 Å². The number of carbonyl (C=O) groups is 2. The van der Waals surface area contributed by atoms with Crippen molar-refractivity contribution in [2.24, 2.45) is 5.10 Å². The fourth-order valence-corrected chi connectivity index (χ4v) is 4.44. The highest BCUT2D eigenvalue weighted by Gasteiger charge is 2.17. The first-order valence-corrected chi connectivity index (χ1v) is 13.5. The molecule has 0 aliphatic rings. The van der Waals surface area contributed by atoms with Gasteiger partial charge in [-0.25, -0.2) is 10.1 Å². The van der Waals surface area contributed by atoms with Gasteiger partial charge < -0.3 is 10.2 Å². The largest absolute Gasteiger partial charge is 0.372 e. The minimum atomic E-state index is -0.675. The lowest BCUT2D eigenvalue weighted by molar-refractivity contribution is -0.117. The molecule has 0 saturated carbocycles. The Balaban J connectivity index is 1.59. The number of benzene rings is 3. The molecule has 0 saturated heterocycles. The normalized spacial score (nSPS) is 11.5. The van der Waals surface area contributed by atoms with Crippen LogP contribution in [0.4, 0.5) is 5.69 Å². The van der Waals surface area contributed by atoms with Crippen LogP contribution in [-0.4, -0.2) is 40.9 Å². The summed E-state index contributed by atoms with van der Waals surface area (Å²) in [4.78, 5) is 41.4. The Labute approximate surface area is 243 Å². The molecule has 10 heteroatoms. The lowest BCUT2D eigenvalue weighted by Crippen LogP contribution is -2.33. The lowest BCUT2D eigenvalue weighted by atomic mass is 10.1. The van der Waals surface area contributed by atoms with Gasteiger partial charge in [-0.1, -0.05) is 54.1 Å². The van der Waals surface area contributed by atoms with Crippen LogP contribution in [0, 0.1) is 6.92 Å². The average molecular weight is 571 g/mol. The summed E-state index contributed by atoms with van der Waals surface area (Å²) < 4.78 is 1.40. The second-order valence-corrected chi connectivity index (χ2v) is 9.49. The molecule has 0 spiro atoms. The lowest BCUT2D eigenvalue weighted by Gasteiger charge is -2.21. The second kappa shape index (κ2) is 13.5. The van der Waals surface area contributed by atoms with E-state index in [4.69, 9.17) is 11.6 Å². The maximum absolute atomic E-state index is 13.2. The quantitative estimate of drug-likeness (QED) is 0.143. The summed E-state index contributed by atoms with van der Waals surface area (Å²) in [5.41, 5.74) is 5.55. The predicted molar refractivity (Wildman–Crippen MR) is 164 cm³/mol. The van der Waals surface area contributed by atoms with E-state index in [0.717, 1.165) is 18.8 Å². The van der Waals surface area contributed by atoms with Crippen molar-refractivity contribution < 1.29 is 9.59 Å². The number of H-pyrrole nitrogens is 1. The average Bonchev–Trinajstić information content (AvgIpc) is 3.27. The molecule has 0 aliphatic carbocycles. The van der Waals surface area contributed by atoms with Gasteiger partial charge in [0.05, 0.1) is 28.1 Å². The van der Waals surface area contributed by atoms with Crippen LogP contribution in [0.25, 0.3) is 11.8 Å². The van der Waals surface area contributed by atoms with E-state index in [1.165, 1.54) is 10.9 Å². The molecule has 3 aromatic carbocycles. The Morgan fingerprint density at radius 3 is 2.29 bits per heavy atom. The number of carbonyl (C=O) groups excluding carboxylic acids is 2. The number of hydrogen-bond acceptors (Lipinski definition) is 5. The number of aromatic amines is 1. The molecule has 210 valence electrons. The van der Waals surface area contributed by atoms with Crippen molar-refractivity contribution in [1.82, 2.24) is 20.5 Å². The Kier molecular flexibility index (Phi) is 9.55. The summed E-state index contributed by atoms with van der Waals surface area (Å²) in [6, 6.07) is 23.3. The van der Waals surface area contributed by atoms with Crippen LogP contribution < -0.4 is 21.2 Å². The van der Waals surface area contributed by atoms with Gasteiger partial charge in [-0.15, -0.1) is 0 Å². The van der Waals surface area contributed by atoms with E-state index in [0.29, 0.717) is 16.9 Å². The van der Waals surface area contributed by atoms with E-state index >= 15 is 0 Å². The number of rotatable bonds is 10. The number of aryl methyl sites for hydroxylation is 1. The number of nitrogens with one attached hydrogen (secondary N) is 3. The van der Waals surface area contributed by atoms with Gasteiger partial charge in [-0.3, -0.25) is 19.5 Å². The first-order chi connectivity index (χ1) is 19.8. The van der Waals surface area contributed by atoms with Gasteiger partial charge in [-0.2, -0.15) is 5.10 Å².